The molecule has 0 heterocycles. The van der Waals surface area contributed by atoms with Gasteiger partial charge in [0, 0.05) is 17.8 Å². The number of hydrogen-bond acceptors (Lipinski definition) is 3. The second-order valence-electron chi connectivity index (χ2n) is 5.22. The lowest BCUT2D eigenvalue weighted by molar-refractivity contribution is 0.415. The monoisotopic (exact) mass is 289 g/mol. The lowest BCUT2D eigenvalue weighted by Gasteiger charge is -2.20. The Labute approximate surface area is 125 Å². The van der Waals surface area contributed by atoms with Crippen LogP contribution in [-0.2, 0) is 0 Å². The molecule has 20 heavy (non-hydrogen) atoms. The number of ether oxygens (including phenoxy) is 1. The van der Waals surface area contributed by atoms with Gasteiger partial charge in [-0.1, -0.05) is 18.2 Å². The smallest absolute Gasteiger partial charge is 0.119 e. The van der Waals surface area contributed by atoms with E-state index >= 15 is 0 Å². The summed E-state index contributed by atoms with van der Waals surface area (Å²) >= 11 is 1.88. The third-order valence-electron chi connectivity index (χ3n) is 3.52. The third kappa shape index (κ3) is 3.68. The molecule has 0 saturated heterocycles. The van der Waals surface area contributed by atoms with E-state index in [2.05, 4.69) is 55.8 Å². The van der Waals surface area contributed by atoms with E-state index < -0.39 is 0 Å². The first-order valence-corrected chi connectivity index (χ1v) is 8.36. The van der Waals surface area contributed by atoms with Crippen molar-refractivity contribution in [2.24, 2.45) is 0 Å². The van der Waals surface area contributed by atoms with Gasteiger partial charge in [0.1, 0.15) is 5.75 Å². The molecular weight excluding hydrogens is 266 g/mol. The fourth-order valence-corrected chi connectivity index (χ4v) is 3.06. The van der Waals surface area contributed by atoms with E-state index in [1.165, 1.54) is 16.3 Å². The second-order valence-corrected chi connectivity index (χ2v) is 6.13. The maximum absolute atomic E-state index is 5.26. The number of nitrogens with one attached hydrogen (secondary N) is 1. The van der Waals surface area contributed by atoms with Crippen LogP contribution in [0.3, 0.4) is 0 Å². The Hall–Kier alpha value is -1.19. The number of benzene rings is 2. The zero-order chi connectivity index (χ0) is 14.5. The van der Waals surface area contributed by atoms with E-state index in [0.29, 0.717) is 12.1 Å². The highest BCUT2D eigenvalue weighted by Gasteiger charge is 2.09. The molecule has 0 aliphatic carbocycles. The van der Waals surface area contributed by atoms with Crippen molar-refractivity contribution in [2.75, 3.05) is 19.1 Å². The van der Waals surface area contributed by atoms with Gasteiger partial charge >= 0.3 is 0 Å². The summed E-state index contributed by atoms with van der Waals surface area (Å²) in [6.45, 7) is 4.46. The summed E-state index contributed by atoms with van der Waals surface area (Å²) in [7, 11) is 1.70. The molecule has 2 unspecified atom stereocenters. The Bertz CT molecular complexity index is 570. The lowest BCUT2D eigenvalue weighted by atomic mass is 10.0. The highest BCUT2D eigenvalue weighted by molar-refractivity contribution is 7.98. The van der Waals surface area contributed by atoms with Gasteiger partial charge < -0.3 is 10.1 Å². The van der Waals surface area contributed by atoms with Gasteiger partial charge in [0.05, 0.1) is 7.11 Å². The van der Waals surface area contributed by atoms with Crippen molar-refractivity contribution in [3.63, 3.8) is 0 Å². The molecule has 0 aliphatic heterocycles. The summed E-state index contributed by atoms with van der Waals surface area (Å²) in [5.41, 5.74) is 1.33. The Kier molecular flexibility index (Phi) is 5.32. The molecule has 0 aromatic heterocycles. The van der Waals surface area contributed by atoms with Gasteiger partial charge in [0.15, 0.2) is 0 Å². The summed E-state index contributed by atoms with van der Waals surface area (Å²) in [6, 6.07) is 13.7. The van der Waals surface area contributed by atoms with Crippen molar-refractivity contribution in [1.82, 2.24) is 5.32 Å². The molecule has 2 aromatic carbocycles. The predicted octanol–water partition coefficient (Wildman–Crippen LogP) is 4.25. The van der Waals surface area contributed by atoms with E-state index in [4.69, 9.17) is 4.74 Å². The molecular formula is C17H23NOS. The summed E-state index contributed by atoms with van der Waals surface area (Å²) in [4.78, 5) is 0. The Morgan fingerprint density at radius 3 is 2.50 bits per heavy atom. The van der Waals surface area contributed by atoms with Crippen LogP contribution in [0.25, 0.3) is 10.8 Å². The second kappa shape index (κ2) is 7.00. The van der Waals surface area contributed by atoms with E-state index in [-0.39, 0.29) is 0 Å². The van der Waals surface area contributed by atoms with Gasteiger partial charge in [-0.2, -0.15) is 11.8 Å². The molecule has 0 spiro atoms. The van der Waals surface area contributed by atoms with Crippen molar-refractivity contribution < 1.29 is 4.74 Å². The molecule has 0 radical (unpaired) electrons. The summed E-state index contributed by atoms with van der Waals surface area (Å²) in [5, 5.41) is 6.12. The quantitative estimate of drug-likeness (QED) is 0.859. The zero-order valence-corrected chi connectivity index (χ0v) is 13.5. The summed E-state index contributed by atoms with van der Waals surface area (Å²) in [5.74, 6) is 2.04. The van der Waals surface area contributed by atoms with E-state index in [1.807, 2.05) is 17.8 Å². The molecule has 0 bridgehead atoms. The fraction of sp³-hybridized carbons (Fsp3) is 0.412. The minimum atomic E-state index is 0.364. The normalized spacial score (nSPS) is 14.2. The molecule has 0 fully saturated rings. The van der Waals surface area contributed by atoms with Gasteiger partial charge in [0.2, 0.25) is 0 Å². The first-order valence-electron chi connectivity index (χ1n) is 6.96. The third-order valence-corrected chi connectivity index (χ3v) is 4.36. The van der Waals surface area contributed by atoms with Crippen molar-refractivity contribution in [3.05, 3.63) is 42.0 Å². The number of rotatable bonds is 6. The molecule has 108 valence electrons. The minimum absolute atomic E-state index is 0.364. The molecule has 0 saturated carbocycles. The molecule has 2 nitrogen and oxygen atoms in total. The summed E-state index contributed by atoms with van der Waals surface area (Å²) < 4.78 is 5.26. The highest BCUT2D eigenvalue weighted by atomic mass is 32.2. The predicted molar refractivity (Wildman–Crippen MR) is 89.9 cm³/mol. The van der Waals surface area contributed by atoms with Gasteiger partial charge in [-0.05, 0) is 54.6 Å². The average Bonchev–Trinajstić information content (AvgIpc) is 2.46. The van der Waals surface area contributed by atoms with Crippen LogP contribution in [0, 0.1) is 0 Å². The van der Waals surface area contributed by atoms with E-state index in [0.717, 1.165) is 11.5 Å². The van der Waals surface area contributed by atoms with E-state index in [1.54, 1.807) is 7.11 Å². The molecule has 0 aliphatic rings. The number of hydrogen-bond donors (Lipinski definition) is 1. The maximum Gasteiger partial charge on any atom is 0.119 e. The van der Waals surface area contributed by atoms with Crippen LogP contribution in [0.5, 0.6) is 5.75 Å². The maximum atomic E-state index is 5.26. The molecule has 3 heteroatoms. The lowest BCUT2D eigenvalue weighted by Crippen LogP contribution is -2.30. The SMILES string of the molecule is COc1ccc2cc(C(C)NC(C)CSC)ccc2c1. The first kappa shape index (κ1) is 15.2. The Morgan fingerprint density at radius 2 is 1.80 bits per heavy atom. The molecule has 1 N–H and O–H groups in total. The van der Waals surface area contributed by atoms with E-state index in [9.17, 15) is 0 Å². The number of thioether (sulfide) groups is 1. The van der Waals surface area contributed by atoms with Crippen molar-refractivity contribution in [2.45, 2.75) is 25.9 Å². The van der Waals surface area contributed by atoms with Crippen LogP contribution >= 0.6 is 11.8 Å². The zero-order valence-electron chi connectivity index (χ0n) is 12.6. The van der Waals surface area contributed by atoms with Crippen molar-refractivity contribution in [1.29, 1.82) is 0 Å². The Balaban J connectivity index is 2.18. The van der Waals surface area contributed by atoms with Crippen LogP contribution in [0.2, 0.25) is 0 Å². The Morgan fingerprint density at radius 1 is 1.10 bits per heavy atom. The molecule has 2 atom stereocenters. The van der Waals surface area contributed by atoms with Crippen molar-refractivity contribution in [3.8, 4) is 5.75 Å². The number of fused-ring (bicyclic) bond motifs is 1. The van der Waals surface area contributed by atoms with Crippen LogP contribution in [-0.4, -0.2) is 25.2 Å². The minimum Gasteiger partial charge on any atom is -0.497 e. The molecule has 2 aromatic rings. The highest BCUT2D eigenvalue weighted by Crippen LogP contribution is 2.24. The average molecular weight is 289 g/mol. The largest absolute Gasteiger partial charge is 0.497 e. The van der Waals surface area contributed by atoms with Gasteiger partial charge in [0.25, 0.3) is 0 Å². The van der Waals surface area contributed by atoms with Crippen LogP contribution in [0.1, 0.15) is 25.5 Å². The molecule has 2 rings (SSSR count). The standard InChI is InChI=1S/C17H23NOS/c1-12(11-20-4)18-13(2)14-5-6-16-10-17(19-3)8-7-15(16)9-14/h5-10,12-13,18H,11H2,1-4H3. The van der Waals surface area contributed by atoms with Gasteiger partial charge in [-0.25, -0.2) is 0 Å². The fourth-order valence-electron chi connectivity index (χ4n) is 2.46. The number of methoxy groups -OCH3 is 1. The van der Waals surface area contributed by atoms with Crippen molar-refractivity contribution >= 4 is 22.5 Å². The van der Waals surface area contributed by atoms with Gasteiger partial charge in [-0.3, -0.25) is 0 Å². The molecule has 0 amide bonds. The van der Waals surface area contributed by atoms with Crippen LogP contribution in [0.15, 0.2) is 36.4 Å². The summed E-state index contributed by atoms with van der Waals surface area (Å²) in [6.07, 6.45) is 2.15. The topological polar surface area (TPSA) is 21.3 Å². The van der Waals surface area contributed by atoms with Crippen LogP contribution in [0.4, 0.5) is 0 Å². The van der Waals surface area contributed by atoms with Gasteiger partial charge in [-0.15, -0.1) is 0 Å². The van der Waals surface area contributed by atoms with Crippen LogP contribution < -0.4 is 10.1 Å². The first-order chi connectivity index (χ1) is 9.63.